The van der Waals surface area contributed by atoms with Crippen molar-refractivity contribution in [2.24, 2.45) is 0 Å². The second-order valence-electron chi connectivity index (χ2n) is 4.44. The lowest BCUT2D eigenvalue weighted by Gasteiger charge is -2.40. The molecule has 0 aliphatic heterocycles. The van der Waals surface area contributed by atoms with E-state index in [9.17, 15) is 4.39 Å². The Morgan fingerprint density at radius 3 is 2.84 bits per heavy atom. The van der Waals surface area contributed by atoms with Crippen molar-refractivity contribution in [3.05, 3.63) is 27.4 Å². The predicted octanol–water partition coefficient (Wildman–Crippen LogP) is 4.80. The van der Waals surface area contributed by atoms with Crippen LogP contribution in [0.15, 0.2) is 16.6 Å². The topological polar surface area (TPSA) is 18.5 Å². The van der Waals surface area contributed by atoms with E-state index in [1.165, 1.54) is 12.1 Å². The van der Waals surface area contributed by atoms with E-state index in [1.807, 2.05) is 6.92 Å². The van der Waals surface area contributed by atoms with Gasteiger partial charge < -0.3 is 9.47 Å². The molecule has 0 amide bonds. The molecular formula is C13H14BrCl2FO2. The van der Waals surface area contributed by atoms with Crippen molar-refractivity contribution in [2.75, 3.05) is 6.61 Å². The number of hydrogen-bond donors (Lipinski definition) is 0. The van der Waals surface area contributed by atoms with Gasteiger partial charge >= 0.3 is 0 Å². The number of hydrogen-bond acceptors (Lipinski definition) is 2. The quantitative estimate of drug-likeness (QED) is 0.547. The molecule has 0 spiro atoms. The molecule has 2 rings (SSSR count). The minimum absolute atomic E-state index is 0.0486. The van der Waals surface area contributed by atoms with Gasteiger partial charge in [0.1, 0.15) is 23.8 Å². The molecule has 0 radical (unpaired) electrons. The summed E-state index contributed by atoms with van der Waals surface area (Å²) in [4.78, 5) is 0. The van der Waals surface area contributed by atoms with Crippen molar-refractivity contribution in [1.29, 1.82) is 0 Å². The van der Waals surface area contributed by atoms with Crippen molar-refractivity contribution in [3.63, 3.8) is 0 Å². The Labute approximate surface area is 130 Å². The van der Waals surface area contributed by atoms with Crippen LogP contribution in [0.1, 0.15) is 19.8 Å². The summed E-state index contributed by atoms with van der Waals surface area (Å²) in [5.74, 6) is -0.0896. The zero-order valence-corrected chi connectivity index (χ0v) is 13.4. The summed E-state index contributed by atoms with van der Waals surface area (Å²) in [6.07, 6.45) is 1.32. The predicted molar refractivity (Wildman–Crippen MR) is 77.8 cm³/mol. The van der Waals surface area contributed by atoms with E-state index in [1.54, 1.807) is 0 Å². The number of benzene rings is 1. The number of alkyl halides is 1. The highest BCUT2D eigenvalue weighted by atomic mass is 79.9. The van der Waals surface area contributed by atoms with Crippen LogP contribution in [0.4, 0.5) is 4.39 Å². The van der Waals surface area contributed by atoms with Gasteiger partial charge in [0.05, 0.1) is 14.9 Å². The standard InChI is InChI=1S/C13H14BrCl2FO2/c1-2-3-18-13-9(16)5-12(13)19-11-6-10(17)8(15)4-7(11)14/h4,6,9,12-13H,2-3,5H2,1H3. The first kappa shape index (κ1) is 15.4. The summed E-state index contributed by atoms with van der Waals surface area (Å²) < 4.78 is 25.4. The van der Waals surface area contributed by atoms with Crippen molar-refractivity contribution >= 4 is 39.1 Å². The molecule has 6 heteroatoms. The van der Waals surface area contributed by atoms with Crippen molar-refractivity contribution in [1.82, 2.24) is 0 Å². The average Bonchev–Trinajstić information content (AvgIpc) is 2.35. The Hall–Kier alpha value is -0.0300. The maximum atomic E-state index is 13.4. The Morgan fingerprint density at radius 2 is 2.21 bits per heavy atom. The molecule has 1 aliphatic rings. The molecule has 1 aromatic carbocycles. The lowest BCUT2D eigenvalue weighted by Crippen LogP contribution is -2.52. The van der Waals surface area contributed by atoms with Crippen LogP contribution in [-0.4, -0.2) is 24.2 Å². The van der Waals surface area contributed by atoms with E-state index in [-0.39, 0.29) is 22.6 Å². The van der Waals surface area contributed by atoms with E-state index < -0.39 is 5.82 Å². The highest BCUT2D eigenvalue weighted by Crippen LogP contribution is 2.37. The molecular weight excluding hydrogens is 358 g/mol. The van der Waals surface area contributed by atoms with Gasteiger partial charge in [0.15, 0.2) is 0 Å². The van der Waals surface area contributed by atoms with Crippen molar-refractivity contribution in [3.8, 4) is 5.75 Å². The second-order valence-corrected chi connectivity index (χ2v) is 6.26. The van der Waals surface area contributed by atoms with Gasteiger partial charge in [0.2, 0.25) is 0 Å². The summed E-state index contributed by atoms with van der Waals surface area (Å²) in [6, 6.07) is 2.75. The highest BCUT2D eigenvalue weighted by molar-refractivity contribution is 9.10. The molecule has 1 saturated carbocycles. The first-order chi connectivity index (χ1) is 9.02. The normalized spacial score (nSPS) is 26.1. The molecule has 0 N–H and O–H groups in total. The largest absolute Gasteiger partial charge is 0.486 e. The Morgan fingerprint density at radius 1 is 1.47 bits per heavy atom. The number of halogens is 4. The van der Waals surface area contributed by atoms with Gasteiger partial charge in [-0.05, 0) is 28.4 Å². The number of rotatable bonds is 5. The van der Waals surface area contributed by atoms with Crippen LogP contribution < -0.4 is 4.74 Å². The summed E-state index contributed by atoms with van der Waals surface area (Å²) in [6.45, 7) is 2.67. The smallest absolute Gasteiger partial charge is 0.145 e. The zero-order valence-electron chi connectivity index (χ0n) is 10.3. The average molecular weight is 372 g/mol. The van der Waals surface area contributed by atoms with Gasteiger partial charge in [-0.1, -0.05) is 18.5 Å². The molecule has 3 unspecified atom stereocenters. The fourth-order valence-electron chi connectivity index (χ4n) is 1.87. The van der Waals surface area contributed by atoms with Gasteiger partial charge in [-0.2, -0.15) is 0 Å². The van der Waals surface area contributed by atoms with Crippen LogP contribution in [0.3, 0.4) is 0 Å². The molecule has 1 aromatic rings. The maximum Gasteiger partial charge on any atom is 0.145 e. The molecule has 1 fully saturated rings. The Balaban J connectivity index is 2.03. The molecule has 19 heavy (non-hydrogen) atoms. The van der Waals surface area contributed by atoms with Crippen molar-refractivity contribution in [2.45, 2.75) is 37.4 Å². The van der Waals surface area contributed by atoms with Gasteiger partial charge in [-0.15, -0.1) is 11.6 Å². The zero-order chi connectivity index (χ0) is 14.0. The summed E-state index contributed by atoms with van der Waals surface area (Å²) >= 11 is 15.1. The second kappa shape index (κ2) is 6.61. The van der Waals surface area contributed by atoms with Gasteiger partial charge in [-0.3, -0.25) is 0 Å². The monoisotopic (exact) mass is 370 g/mol. The highest BCUT2D eigenvalue weighted by Gasteiger charge is 2.43. The fourth-order valence-corrected chi connectivity index (χ4v) is 3.01. The molecule has 106 valence electrons. The Bertz CT molecular complexity index is 459. The van der Waals surface area contributed by atoms with E-state index in [0.717, 1.165) is 6.42 Å². The first-order valence-corrected chi connectivity index (χ1v) is 7.70. The molecule has 0 bridgehead atoms. The molecule has 1 aliphatic carbocycles. The van der Waals surface area contributed by atoms with Crippen LogP contribution in [-0.2, 0) is 4.74 Å². The lowest BCUT2D eigenvalue weighted by molar-refractivity contribution is -0.0800. The summed E-state index contributed by atoms with van der Waals surface area (Å²) in [5, 5.41) is 0.00862. The minimum Gasteiger partial charge on any atom is -0.486 e. The maximum absolute atomic E-state index is 13.4. The van der Waals surface area contributed by atoms with E-state index in [4.69, 9.17) is 32.7 Å². The van der Waals surface area contributed by atoms with Crippen LogP contribution in [0.2, 0.25) is 5.02 Å². The van der Waals surface area contributed by atoms with Crippen LogP contribution in [0, 0.1) is 5.82 Å². The van der Waals surface area contributed by atoms with E-state index in [2.05, 4.69) is 15.9 Å². The number of ether oxygens (including phenoxy) is 2. The molecule has 0 heterocycles. The van der Waals surface area contributed by atoms with Gasteiger partial charge in [0.25, 0.3) is 0 Å². The third kappa shape index (κ3) is 3.54. The van der Waals surface area contributed by atoms with Crippen molar-refractivity contribution < 1.29 is 13.9 Å². The molecule has 0 saturated heterocycles. The van der Waals surface area contributed by atoms with E-state index in [0.29, 0.717) is 23.2 Å². The van der Waals surface area contributed by atoms with Gasteiger partial charge in [0, 0.05) is 19.1 Å². The van der Waals surface area contributed by atoms with Crippen LogP contribution in [0.5, 0.6) is 5.75 Å². The summed E-state index contributed by atoms with van der Waals surface area (Å²) in [7, 11) is 0. The third-order valence-electron chi connectivity index (χ3n) is 2.95. The molecule has 3 atom stereocenters. The Kier molecular flexibility index (Phi) is 5.35. The fraction of sp³-hybridized carbons (Fsp3) is 0.538. The van der Waals surface area contributed by atoms with Crippen LogP contribution in [0.25, 0.3) is 0 Å². The molecule has 2 nitrogen and oxygen atoms in total. The lowest BCUT2D eigenvalue weighted by atomic mass is 9.91. The third-order valence-corrected chi connectivity index (χ3v) is 4.28. The summed E-state index contributed by atoms with van der Waals surface area (Å²) in [5.41, 5.74) is 0. The minimum atomic E-state index is -0.507. The van der Waals surface area contributed by atoms with Gasteiger partial charge in [-0.25, -0.2) is 4.39 Å². The van der Waals surface area contributed by atoms with Crippen LogP contribution >= 0.6 is 39.1 Å². The molecule has 0 aromatic heterocycles. The SMILES string of the molecule is CCCOC1C(Cl)CC1Oc1cc(F)c(Cl)cc1Br. The van der Waals surface area contributed by atoms with E-state index >= 15 is 0 Å². The first-order valence-electron chi connectivity index (χ1n) is 6.09.